The van der Waals surface area contributed by atoms with Gasteiger partial charge in [-0.2, -0.15) is 0 Å². The lowest BCUT2D eigenvalue weighted by Gasteiger charge is -2.37. The van der Waals surface area contributed by atoms with Crippen LogP contribution in [0.25, 0.3) is 0 Å². The molecule has 0 radical (unpaired) electrons. The summed E-state index contributed by atoms with van der Waals surface area (Å²) in [4.78, 5) is 0. The van der Waals surface area contributed by atoms with E-state index in [1.54, 1.807) is 26.0 Å². The molecule has 4 nitrogen and oxygen atoms in total. The SMILES string of the molecule is C=C(C=C(C)C(O)=CC)CCC(CCC(=C)C=C(C)C(O)=CC)(c1cc(C)c(O)c(C)c1)c1cc(C)c(O)c(C)c1. The molecule has 0 bridgehead atoms. The Bertz CT molecular complexity index is 1270. The molecule has 2 aromatic carbocycles. The smallest absolute Gasteiger partial charge is 0.121 e. The van der Waals surface area contributed by atoms with E-state index in [1.165, 1.54) is 0 Å². The van der Waals surface area contributed by atoms with Gasteiger partial charge in [-0.1, -0.05) is 60.7 Å². The number of phenols is 2. The molecule has 2 aromatic rings. The standard InChI is InChI=1S/C37H48O4/c1-11-33(38)25(5)17-23(3)13-15-37(31-19-27(7)35(40)28(8)20-31,32-21-29(9)36(41)30(10)22-32)16-14-24(4)18-26(6)34(39)12-2/h11-12,17-22,38-41H,3-4,13-16H2,1-2,5-10H3. The monoisotopic (exact) mass is 556 g/mol. The minimum absolute atomic E-state index is 0.231. The number of aryl methyl sites for hydroxylation is 4. The molecule has 0 unspecified atom stereocenters. The van der Waals surface area contributed by atoms with E-state index in [9.17, 15) is 20.4 Å². The number of hydrogen-bond donors (Lipinski definition) is 4. The van der Waals surface area contributed by atoms with Crippen molar-refractivity contribution in [1.29, 1.82) is 0 Å². The summed E-state index contributed by atoms with van der Waals surface area (Å²) in [6.45, 7) is 23.6. The quantitative estimate of drug-likeness (QED) is 0.155. The summed E-state index contributed by atoms with van der Waals surface area (Å²) in [5.41, 5.74) is 8.16. The first-order valence-electron chi connectivity index (χ1n) is 14.2. The second kappa shape index (κ2) is 14.1. The van der Waals surface area contributed by atoms with Crippen molar-refractivity contribution in [2.75, 3.05) is 0 Å². The first kappa shape index (κ1) is 33.3. The summed E-state index contributed by atoms with van der Waals surface area (Å²) in [6.07, 6.45) is 9.91. The second-order valence-corrected chi connectivity index (χ2v) is 11.3. The van der Waals surface area contributed by atoms with Gasteiger partial charge in [0, 0.05) is 5.41 Å². The lowest BCUT2D eigenvalue weighted by Crippen LogP contribution is -2.29. The molecule has 220 valence electrons. The Balaban J connectivity index is 2.77. The molecule has 0 amide bonds. The average Bonchev–Trinajstić information content (AvgIpc) is 2.93. The van der Waals surface area contributed by atoms with E-state index in [1.807, 2.05) is 53.7 Å². The first-order valence-corrected chi connectivity index (χ1v) is 14.2. The zero-order valence-electron chi connectivity index (χ0n) is 26.2. The van der Waals surface area contributed by atoms with E-state index < -0.39 is 5.41 Å². The Morgan fingerprint density at radius 1 is 0.659 bits per heavy atom. The van der Waals surface area contributed by atoms with Crippen LogP contribution in [0.15, 0.2) is 95.5 Å². The van der Waals surface area contributed by atoms with Gasteiger partial charge in [0.15, 0.2) is 0 Å². The number of allylic oxidation sites excluding steroid dienone is 8. The number of phenolic OH excluding ortho intramolecular Hbond substituents is 2. The Morgan fingerprint density at radius 3 is 1.22 bits per heavy atom. The molecule has 0 aliphatic heterocycles. The van der Waals surface area contributed by atoms with E-state index in [0.717, 1.165) is 55.7 Å². The largest absolute Gasteiger partial charge is 0.508 e. The van der Waals surface area contributed by atoms with E-state index in [4.69, 9.17) is 0 Å². The van der Waals surface area contributed by atoms with Crippen LogP contribution in [0.3, 0.4) is 0 Å². The molecular formula is C37H48O4. The van der Waals surface area contributed by atoms with E-state index in [0.29, 0.717) is 25.7 Å². The second-order valence-electron chi connectivity index (χ2n) is 11.3. The van der Waals surface area contributed by atoms with Crippen molar-refractivity contribution in [2.45, 2.75) is 86.5 Å². The summed E-state index contributed by atoms with van der Waals surface area (Å²) < 4.78 is 0. The molecule has 0 atom stereocenters. The highest BCUT2D eigenvalue weighted by atomic mass is 16.3. The van der Waals surface area contributed by atoms with Crippen LogP contribution in [0.1, 0.15) is 86.8 Å². The van der Waals surface area contributed by atoms with Crippen LogP contribution in [0.2, 0.25) is 0 Å². The van der Waals surface area contributed by atoms with Crippen molar-refractivity contribution in [3.63, 3.8) is 0 Å². The van der Waals surface area contributed by atoms with E-state index in [-0.39, 0.29) is 23.0 Å². The fourth-order valence-corrected chi connectivity index (χ4v) is 5.44. The van der Waals surface area contributed by atoms with Gasteiger partial charge in [-0.25, -0.2) is 0 Å². The van der Waals surface area contributed by atoms with Gasteiger partial charge in [-0.3, -0.25) is 0 Å². The normalized spacial score (nSPS) is 13.5. The molecule has 0 saturated carbocycles. The molecule has 0 spiro atoms. The predicted octanol–water partition coefficient (Wildman–Crippen LogP) is 10.1. The van der Waals surface area contributed by atoms with Crippen LogP contribution in [0.4, 0.5) is 0 Å². The van der Waals surface area contributed by atoms with Crippen molar-refractivity contribution in [3.8, 4) is 11.5 Å². The van der Waals surface area contributed by atoms with Crippen LogP contribution >= 0.6 is 0 Å². The molecule has 0 aliphatic carbocycles. The van der Waals surface area contributed by atoms with Crippen molar-refractivity contribution in [1.82, 2.24) is 0 Å². The van der Waals surface area contributed by atoms with Crippen LogP contribution < -0.4 is 0 Å². The minimum atomic E-state index is -0.507. The van der Waals surface area contributed by atoms with Gasteiger partial charge in [0.2, 0.25) is 0 Å². The van der Waals surface area contributed by atoms with Crippen LogP contribution in [-0.4, -0.2) is 20.4 Å². The Hall–Kier alpha value is -3.92. The van der Waals surface area contributed by atoms with Crippen LogP contribution in [0.5, 0.6) is 11.5 Å². The summed E-state index contributed by atoms with van der Waals surface area (Å²) in [5, 5.41) is 41.6. The highest BCUT2D eigenvalue weighted by Crippen LogP contribution is 2.46. The van der Waals surface area contributed by atoms with Crippen LogP contribution in [-0.2, 0) is 5.41 Å². The molecule has 41 heavy (non-hydrogen) atoms. The van der Waals surface area contributed by atoms with Crippen molar-refractivity contribution in [2.24, 2.45) is 0 Å². The van der Waals surface area contributed by atoms with Crippen molar-refractivity contribution in [3.05, 3.63) is 129 Å². The molecule has 0 heterocycles. The number of aromatic hydroxyl groups is 2. The maximum Gasteiger partial charge on any atom is 0.121 e. The third-order valence-corrected chi connectivity index (χ3v) is 8.03. The molecule has 4 N–H and O–H groups in total. The predicted molar refractivity (Wildman–Crippen MR) is 173 cm³/mol. The molecule has 4 heteroatoms. The Labute approximate surface area is 247 Å². The zero-order valence-corrected chi connectivity index (χ0v) is 26.2. The highest BCUT2D eigenvalue weighted by molar-refractivity contribution is 5.52. The van der Waals surface area contributed by atoms with Crippen molar-refractivity contribution < 1.29 is 20.4 Å². The number of aliphatic hydroxyl groups is 2. The third-order valence-electron chi connectivity index (χ3n) is 8.03. The van der Waals surface area contributed by atoms with E-state index in [2.05, 4.69) is 37.4 Å². The average molecular weight is 557 g/mol. The molecule has 0 fully saturated rings. The van der Waals surface area contributed by atoms with Crippen LogP contribution in [0, 0.1) is 27.7 Å². The van der Waals surface area contributed by atoms with Gasteiger partial charge in [0.25, 0.3) is 0 Å². The summed E-state index contributed by atoms with van der Waals surface area (Å²) in [6, 6.07) is 8.24. The summed E-state index contributed by atoms with van der Waals surface area (Å²) >= 11 is 0. The third kappa shape index (κ3) is 8.07. The fraction of sp³-hybridized carbons (Fsp3) is 0.351. The highest BCUT2D eigenvalue weighted by Gasteiger charge is 2.35. The summed E-state index contributed by atoms with van der Waals surface area (Å²) in [5.74, 6) is 1.04. The fourth-order valence-electron chi connectivity index (χ4n) is 5.44. The van der Waals surface area contributed by atoms with Gasteiger partial charge in [-0.05, 0) is 138 Å². The molecular weight excluding hydrogens is 508 g/mol. The first-order chi connectivity index (χ1) is 19.2. The maximum atomic E-state index is 10.6. The number of hydrogen-bond acceptors (Lipinski definition) is 4. The molecule has 0 aliphatic rings. The molecule has 0 aromatic heterocycles. The van der Waals surface area contributed by atoms with Gasteiger partial charge in [-0.15, -0.1) is 0 Å². The Kier molecular flexibility index (Phi) is 11.5. The number of aliphatic hydroxyl groups excluding tert-OH is 2. The maximum absolute atomic E-state index is 10.6. The van der Waals surface area contributed by atoms with Gasteiger partial charge >= 0.3 is 0 Å². The lowest BCUT2D eigenvalue weighted by molar-refractivity contribution is 0.421. The molecule has 2 rings (SSSR count). The van der Waals surface area contributed by atoms with Gasteiger partial charge < -0.3 is 20.4 Å². The number of benzene rings is 2. The van der Waals surface area contributed by atoms with E-state index >= 15 is 0 Å². The Morgan fingerprint density at radius 2 is 0.951 bits per heavy atom. The zero-order chi connectivity index (χ0) is 31.1. The lowest BCUT2D eigenvalue weighted by atomic mass is 9.66. The molecule has 0 saturated heterocycles. The van der Waals surface area contributed by atoms with Gasteiger partial charge in [0.05, 0.1) is 0 Å². The minimum Gasteiger partial charge on any atom is -0.508 e. The topological polar surface area (TPSA) is 80.9 Å². The van der Waals surface area contributed by atoms with Gasteiger partial charge in [0.1, 0.15) is 23.0 Å². The van der Waals surface area contributed by atoms with Crippen molar-refractivity contribution >= 4 is 0 Å². The number of rotatable bonds is 12. The summed E-state index contributed by atoms with van der Waals surface area (Å²) in [7, 11) is 0.